The number of nitrogens with two attached hydrogens (primary N) is 1. The molecule has 0 spiro atoms. The van der Waals surface area contributed by atoms with E-state index in [-0.39, 0.29) is 18.3 Å². The zero-order valence-corrected chi connectivity index (χ0v) is 12.5. The van der Waals surface area contributed by atoms with E-state index in [1.807, 2.05) is 35.2 Å². The molecule has 0 saturated carbocycles. The number of pyridine rings is 1. The van der Waals surface area contributed by atoms with Crippen molar-refractivity contribution < 1.29 is 4.79 Å². The summed E-state index contributed by atoms with van der Waals surface area (Å²) < 4.78 is 0. The first-order chi connectivity index (χ1) is 9.75. The van der Waals surface area contributed by atoms with E-state index in [0.717, 1.165) is 41.9 Å². The lowest BCUT2D eigenvalue weighted by Gasteiger charge is -2.30. The molecule has 0 radical (unpaired) electrons. The van der Waals surface area contributed by atoms with Crippen LogP contribution in [0.1, 0.15) is 17.5 Å². The predicted octanol–water partition coefficient (Wildman–Crippen LogP) is 2.61. The Morgan fingerprint density at radius 1 is 1.29 bits per heavy atom. The normalized spacial score (nSPS) is 13.2. The molecular formula is C16H18ClN3O. The highest BCUT2D eigenvalue weighted by atomic mass is 35.5. The number of anilines is 2. The van der Waals surface area contributed by atoms with Crippen molar-refractivity contribution in [1.29, 1.82) is 0 Å². The molecule has 1 amide bonds. The van der Waals surface area contributed by atoms with Crippen molar-refractivity contribution in [3.05, 3.63) is 53.9 Å². The summed E-state index contributed by atoms with van der Waals surface area (Å²) in [5, 5.41) is 0. The summed E-state index contributed by atoms with van der Waals surface area (Å²) >= 11 is 0. The van der Waals surface area contributed by atoms with Crippen LogP contribution in [-0.4, -0.2) is 17.4 Å². The molecule has 0 atom stereocenters. The molecule has 0 bridgehead atoms. The molecule has 0 unspecified atom stereocenters. The molecule has 2 N–H and O–H groups in total. The molecule has 1 aliphatic heterocycles. The zero-order chi connectivity index (χ0) is 13.9. The van der Waals surface area contributed by atoms with Crippen LogP contribution in [0.4, 0.5) is 11.4 Å². The van der Waals surface area contributed by atoms with Crippen molar-refractivity contribution in [2.45, 2.75) is 19.3 Å². The number of benzene rings is 1. The van der Waals surface area contributed by atoms with Gasteiger partial charge in [0, 0.05) is 30.3 Å². The number of carbonyl (C=O) groups excluding carboxylic acids is 1. The highest BCUT2D eigenvalue weighted by Crippen LogP contribution is 2.31. The van der Waals surface area contributed by atoms with Crippen LogP contribution < -0.4 is 10.6 Å². The summed E-state index contributed by atoms with van der Waals surface area (Å²) in [6, 6.07) is 9.56. The Bertz CT molecular complexity index is 631. The van der Waals surface area contributed by atoms with Crippen molar-refractivity contribution in [1.82, 2.24) is 4.98 Å². The molecule has 5 heteroatoms. The van der Waals surface area contributed by atoms with E-state index in [0.29, 0.717) is 6.42 Å². The maximum absolute atomic E-state index is 12.5. The fourth-order valence-electron chi connectivity index (χ4n) is 2.68. The first kappa shape index (κ1) is 15.3. The number of halogens is 1. The van der Waals surface area contributed by atoms with Gasteiger partial charge in [-0.25, -0.2) is 0 Å². The minimum absolute atomic E-state index is 0. The van der Waals surface area contributed by atoms with Crippen molar-refractivity contribution in [3.63, 3.8) is 0 Å². The molecule has 0 aliphatic carbocycles. The van der Waals surface area contributed by atoms with Gasteiger partial charge in [0.1, 0.15) is 0 Å². The highest BCUT2D eigenvalue weighted by molar-refractivity contribution is 5.96. The van der Waals surface area contributed by atoms with Crippen LogP contribution in [-0.2, 0) is 17.6 Å². The van der Waals surface area contributed by atoms with Crippen LogP contribution in [0.15, 0.2) is 42.7 Å². The van der Waals surface area contributed by atoms with Gasteiger partial charge in [-0.1, -0.05) is 12.1 Å². The van der Waals surface area contributed by atoms with Gasteiger partial charge >= 0.3 is 0 Å². The summed E-state index contributed by atoms with van der Waals surface area (Å²) in [6.45, 7) is 0.759. The monoisotopic (exact) mass is 303 g/mol. The van der Waals surface area contributed by atoms with Crippen molar-refractivity contribution in [2.75, 3.05) is 17.2 Å². The number of hydrogen-bond donors (Lipinski definition) is 1. The van der Waals surface area contributed by atoms with Crippen molar-refractivity contribution in [2.24, 2.45) is 0 Å². The maximum atomic E-state index is 12.5. The minimum Gasteiger partial charge on any atom is -0.398 e. The summed E-state index contributed by atoms with van der Waals surface area (Å²) in [4.78, 5) is 18.4. The Morgan fingerprint density at radius 2 is 2.14 bits per heavy atom. The van der Waals surface area contributed by atoms with Gasteiger partial charge in [-0.3, -0.25) is 9.78 Å². The largest absolute Gasteiger partial charge is 0.398 e. The molecule has 4 nitrogen and oxygen atoms in total. The Balaban J connectivity index is 0.00000161. The average Bonchev–Trinajstić information content (AvgIpc) is 2.48. The number of rotatable bonds is 2. The quantitative estimate of drug-likeness (QED) is 0.868. The van der Waals surface area contributed by atoms with E-state index in [1.165, 1.54) is 0 Å². The third kappa shape index (κ3) is 3.16. The molecule has 1 aliphatic rings. The summed E-state index contributed by atoms with van der Waals surface area (Å²) in [5.41, 5.74) is 9.78. The van der Waals surface area contributed by atoms with Crippen LogP contribution >= 0.6 is 12.4 Å². The second-order valence-electron chi connectivity index (χ2n) is 5.03. The van der Waals surface area contributed by atoms with E-state index < -0.39 is 0 Å². The molecule has 21 heavy (non-hydrogen) atoms. The lowest BCUT2D eigenvalue weighted by molar-refractivity contribution is -0.118. The van der Waals surface area contributed by atoms with Crippen LogP contribution in [0.5, 0.6) is 0 Å². The minimum atomic E-state index is 0. The topological polar surface area (TPSA) is 59.2 Å². The van der Waals surface area contributed by atoms with E-state index in [1.54, 1.807) is 12.4 Å². The smallest absolute Gasteiger partial charge is 0.231 e. The molecule has 0 saturated heterocycles. The van der Waals surface area contributed by atoms with E-state index in [9.17, 15) is 4.79 Å². The summed E-state index contributed by atoms with van der Waals surface area (Å²) in [7, 11) is 0. The second kappa shape index (κ2) is 6.59. The third-order valence-electron chi connectivity index (χ3n) is 3.67. The fourth-order valence-corrected chi connectivity index (χ4v) is 2.68. The highest BCUT2D eigenvalue weighted by Gasteiger charge is 2.23. The Labute approximate surface area is 130 Å². The Morgan fingerprint density at radius 3 is 2.90 bits per heavy atom. The van der Waals surface area contributed by atoms with E-state index in [4.69, 9.17) is 5.73 Å². The van der Waals surface area contributed by atoms with Crippen molar-refractivity contribution >= 4 is 29.7 Å². The summed E-state index contributed by atoms with van der Waals surface area (Å²) in [5.74, 6) is 0.101. The second-order valence-corrected chi connectivity index (χ2v) is 5.03. The van der Waals surface area contributed by atoms with Crippen LogP contribution in [0, 0.1) is 0 Å². The first-order valence-corrected chi connectivity index (χ1v) is 6.82. The number of amides is 1. The Hall–Kier alpha value is -2.07. The molecular weight excluding hydrogens is 286 g/mol. The number of nitrogen functional groups attached to an aromatic ring is 1. The first-order valence-electron chi connectivity index (χ1n) is 6.82. The number of hydrogen-bond acceptors (Lipinski definition) is 3. The average molecular weight is 304 g/mol. The van der Waals surface area contributed by atoms with Gasteiger partial charge in [-0.2, -0.15) is 0 Å². The molecule has 2 heterocycles. The van der Waals surface area contributed by atoms with E-state index >= 15 is 0 Å². The SMILES string of the molecule is Cl.Nc1cccc2c1CCCN2C(=O)Cc1cccnc1. The lowest BCUT2D eigenvalue weighted by atomic mass is 9.99. The number of aromatic nitrogens is 1. The molecule has 110 valence electrons. The lowest BCUT2D eigenvalue weighted by Crippen LogP contribution is -2.36. The number of fused-ring (bicyclic) bond motifs is 1. The Kier molecular flexibility index (Phi) is 4.81. The maximum Gasteiger partial charge on any atom is 0.231 e. The van der Waals surface area contributed by atoms with Crippen LogP contribution in [0.25, 0.3) is 0 Å². The van der Waals surface area contributed by atoms with Gasteiger partial charge in [-0.15, -0.1) is 12.4 Å². The van der Waals surface area contributed by atoms with Crippen molar-refractivity contribution in [3.8, 4) is 0 Å². The molecule has 1 aromatic carbocycles. The predicted molar refractivity (Wildman–Crippen MR) is 86.7 cm³/mol. The molecule has 2 aromatic rings. The molecule has 1 aromatic heterocycles. The van der Waals surface area contributed by atoms with E-state index in [2.05, 4.69) is 4.98 Å². The van der Waals surface area contributed by atoms with Gasteiger partial charge in [0.2, 0.25) is 5.91 Å². The fraction of sp³-hybridized carbons (Fsp3) is 0.250. The van der Waals surface area contributed by atoms with Crippen LogP contribution in [0.3, 0.4) is 0 Å². The standard InChI is InChI=1S/C16H17N3O.ClH/c17-14-6-1-7-15-13(14)5-3-9-19(15)16(20)10-12-4-2-8-18-11-12;/h1-2,4,6-8,11H,3,5,9-10,17H2;1H. The van der Waals surface area contributed by atoms with Gasteiger partial charge in [0.05, 0.1) is 6.42 Å². The van der Waals surface area contributed by atoms with Gasteiger partial charge in [0.25, 0.3) is 0 Å². The third-order valence-corrected chi connectivity index (χ3v) is 3.67. The number of carbonyl (C=O) groups is 1. The van der Waals surface area contributed by atoms with Gasteiger partial charge < -0.3 is 10.6 Å². The van der Waals surface area contributed by atoms with Crippen LogP contribution in [0.2, 0.25) is 0 Å². The molecule has 0 fully saturated rings. The zero-order valence-electron chi connectivity index (χ0n) is 11.7. The van der Waals surface area contributed by atoms with Gasteiger partial charge in [0.15, 0.2) is 0 Å². The molecule has 3 rings (SSSR count). The van der Waals surface area contributed by atoms with Gasteiger partial charge in [-0.05, 0) is 42.2 Å². The number of nitrogens with zero attached hydrogens (tertiary/aromatic N) is 2. The summed E-state index contributed by atoms with van der Waals surface area (Å²) in [6.07, 6.45) is 5.73.